The van der Waals surface area contributed by atoms with E-state index in [1.54, 1.807) is 0 Å². The quantitative estimate of drug-likeness (QED) is 0.603. The van der Waals surface area contributed by atoms with Gasteiger partial charge in [0.05, 0.1) is 5.69 Å². The first-order valence-corrected chi connectivity index (χ1v) is 10.6. The van der Waals surface area contributed by atoms with Gasteiger partial charge in [0.25, 0.3) is 5.91 Å². The zero-order chi connectivity index (χ0) is 20.1. The third-order valence-electron chi connectivity index (χ3n) is 4.94. The number of carbonyl (C=O) groups excluding carboxylic acids is 2. The number of hydrogen-bond acceptors (Lipinski definition) is 5. The number of ether oxygens (including phenoxy) is 1. The lowest BCUT2D eigenvalue weighted by molar-refractivity contribution is -0.124. The van der Waals surface area contributed by atoms with E-state index in [9.17, 15) is 9.59 Å². The summed E-state index contributed by atoms with van der Waals surface area (Å²) in [7, 11) is 0. The van der Waals surface area contributed by atoms with Crippen molar-refractivity contribution in [2.24, 2.45) is 0 Å². The van der Waals surface area contributed by atoms with E-state index in [2.05, 4.69) is 5.32 Å². The summed E-state index contributed by atoms with van der Waals surface area (Å²) in [5.41, 5.74) is 2.36. The maximum Gasteiger partial charge on any atom is 0.351 e. The van der Waals surface area contributed by atoms with E-state index in [4.69, 9.17) is 9.72 Å². The second kappa shape index (κ2) is 9.01. The van der Waals surface area contributed by atoms with Crippen LogP contribution in [-0.4, -0.2) is 29.5 Å². The minimum atomic E-state index is -0.523. The third-order valence-corrected chi connectivity index (χ3v) is 6.02. The number of nitrogens with zero attached hydrogens (tertiary/aromatic N) is 1. The van der Waals surface area contributed by atoms with Crippen molar-refractivity contribution in [3.05, 3.63) is 65.5 Å². The summed E-state index contributed by atoms with van der Waals surface area (Å²) in [4.78, 5) is 30.0. The lowest BCUT2D eigenvalue weighted by Crippen LogP contribution is -2.35. The molecule has 2 aromatic carbocycles. The fourth-order valence-electron chi connectivity index (χ4n) is 3.49. The number of thiazole rings is 1. The molecule has 3 aromatic rings. The Kier molecular flexibility index (Phi) is 6.00. The molecule has 0 radical (unpaired) electrons. The van der Waals surface area contributed by atoms with Crippen molar-refractivity contribution in [1.82, 2.24) is 10.3 Å². The van der Waals surface area contributed by atoms with Gasteiger partial charge in [-0.1, -0.05) is 73.5 Å². The van der Waals surface area contributed by atoms with Crippen LogP contribution in [-0.2, 0) is 9.53 Å². The molecule has 0 unspecified atom stereocenters. The topological polar surface area (TPSA) is 68.3 Å². The van der Waals surface area contributed by atoms with Gasteiger partial charge in [0.1, 0.15) is 9.88 Å². The Morgan fingerprint density at radius 3 is 2.24 bits per heavy atom. The highest BCUT2D eigenvalue weighted by Gasteiger charge is 2.23. The van der Waals surface area contributed by atoms with Gasteiger partial charge in [0, 0.05) is 17.2 Å². The maximum atomic E-state index is 12.8. The molecule has 1 fully saturated rings. The zero-order valence-electron chi connectivity index (χ0n) is 16.0. The van der Waals surface area contributed by atoms with Gasteiger partial charge in [-0.05, 0) is 12.8 Å². The number of rotatable bonds is 6. The van der Waals surface area contributed by atoms with Crippen LogP contribution < -0.4 is 5.32 Å². The monoisotopic (exact) mass is 406 g/mol. The molecule has 5 nitrogen and oxygen atoms in total. The molecule has 0 atom stereocenters. The molecule has 1 aliphatic carbocycles. The first-order valence-electron chi connectivity index (χ1n) is 9.79. The molecule has 1 N–H and O–H groups in total. The van der Waals surface area contributed by atoms with Crippen molar-refractivity contribution in [2.45, 2.75) is 31.7 Å². The van der Waals surface area contributed by atoms with Gasteiger partial charge in [-0.2, -0.15) is 0 Å². The van der Waals surface area contributed by atoms with Gasteiger partial charge in [-0.15, -0.1) is 11.3 Å². The molecule has 1 aliphatic rings. The Hall–Kier alpha value is -2.99. The Labute approximate surface area is 173 Å². The highest BCUT2D eigenvalue weighted by molar-refractivity contribution is 7.17. The third kappa shape index (κ3) is 4.71. The molecule has 1 saturated carbocycles. The van der Waals surface area contributed by atoms with E-state index < -0.39 is 5.97 Å². The Morgan fingerprint density at radius 1 is 0.966 bits per heavy atom. The largest absolute Gasteiger partial charge is 0.451 e. The van der Waals surface area contributed by atoms with Crippen LogP contribution in [0.2, 0.25) is 0 Å². The number of hydrogen-bond donors (Lipinski definition) is 1. The second-order valence-corrected chi connectivity index (χ2v) is 8.05. The SMILES string of the molecule is O=C(COC(=O)c1sc(-c2ccccc2)nc1-c1ccccc1)NC1CCCC1. The second-order valence-electron chi connectivity index (χ2n) is 7.05. The summed E-state index contributed by atoms with van der Waals surface area (Å²) in [6, 6.07) is 19.5. The normalized spacial score (nSPS) is 13.9. The van der Waals surface area contributed by atoms with Crippen LogP contribution in [0.3, 0.4) is 0 Å². The average Bonchev–Trinajstić information content (AvgIpc) is 3.43. The van der Waals surface area contributed by atoms with Crippen molar-refractivity contribution in [3.8, 4) is 21.8 Å². The van der Waals surface area contributed by atoms with E-state index in [1.165, 1.54) is 11.3 Å². The first kappa shape index (κ1) is 19.3. The number of carbonyl (C=O) groups is 2. The predicted octanol–water partition coefficient (Wildman–Crippen LogP) is 4.69. The molecule has 29 heavy (non-hydrogen) atoms. The average molecular weight is 407 g/mol. The number of benzene rings is 2. The molecule has 1 amide bonds. The van der Waals surface area contributed by atoms with Crippen LogP contribution in [0.5, 0.6) is 0 Å². The van der Waals surface area contributed by atoms with Gasteiger partial charge in [0.15, 0.2) is 6.61 Å². The summed E-state index contributed by atoms with van der Waals surface area (Å²) in [6.07, 6.45) is 4.25. The van der Waals surface area contributed by atoms with Crippen molar-refractivity contribution in [2.75, 3.05) is 6.61 Å². The Balaban J connectivity index is 1.53. The van der Waals surface area contributed by atoms with E-state index >= 15 is 0 Å². The van der Waals surface area contributed by atoms with Crippen molar-refractivity contribution >= 4 is 23.2 Å². The summed E-state index contributed by atoms with van der Waals surface area (Å²) in [5.74, 6) is -0.774. The zero-order valence-corrected chi connectivity index (χ0v) is 16.8. The van der Waals surface area contributed by atoms with Crippen LogP contribution in [0.4, 0.5) is 0 Å². The van der Waals surface area contributed by atoms with Crippen LogP contribution in [0.15, 0.2) is 60.7 Å². The van der Waals surface area contributed by atoms with E-state index in [0.29, 0.717) is 10.6 Å². The summed E-state index contributed by atoms with van der Waals surface area (Å²) in [5, 5.41) is 3.68. The van der Waals surface area contributed by atoms with Crippen molar-refractivity contribution in [3.63, 3.8) is 0 Å². The van der Waals surface area contributed by atoms with Crippen LogP contribution in [0.1, 0.15) is 35.4 Å². The fourth-order valence-corrected chi connectivity index (χ4v) is 4.48. The molecule has 6 heteroatoms. The highest BCUT2D eigenvalue weighted by Crippen LogP contribution is 2.34. The molecule has 1 heterocycles. The molecule has 1 aromatic heterocycles. The van der Waals surface area contributed by atoms with Gasteiger partial charge in [-0.25, -0.2) is 9.78 Å². The van der Waals surface area contributed by atoms with Crippen molar-refractivity contribution < 1.29 is 14.3 Å². The smallest absolute Gasteiger partial charge is 0.351 e. The molecule has 0 spiro atoms. The van der Waals surface area contributed by atoms with E-state index in [1.807, 2.05) is 60.7 Å². The highest BCUT2D eigenvalue weighted by atomic mass is 32.1. The number of aromatic nitrogens is 1. The maximum absolute atomic E-state index is 12.8. The van der Waals surface area contributed by atoms with Gasteiger partial charge < -0.3 is 10.1 Å². The molecular weight excluding hydrogens is 384 g/mol. The standard InChI is InChI=1S/C23H22N2O3S/c26-19(24-18-13-7-8-14-18)15-28-23(27)21-20(16-9-3-1-4-10-16)25-22(29-21)17-11-5-2-6-12-17/h1-6,9-12,18H,7-8,13-15H2,(H,24,26). The Morgan fingerprint density at radius 2 is 1.59 bits per heavy atom. The fraction of sp³-hybridized carbons (Fsp3) is 0.261. The van der Waals surface area contributed by atoms with Gasteiger partial charge in [0.2, 0.25) is 0 Å². The minimum absolute atomic E-state index is 0.203. The molecule has 0 bridgehead atoms. The van der Waals surface area contributed by atoms with Crippen molar-refractivity contribution in [1.29, 1.82) is 0 Å². The number of amides is 1. The molecule has 0 saturated heterocycles. The first-order chi connectivity index (χ1) is 14.2. The molecule has 0 aliphatic heterocycles. The number of nitrogens with one attached hydrogen (secondary N) is 1. The molecule has 148 valence electrons. The van der Waals surface area contributed by atoms with Crippen LogP contribution >= 0.6 is 11.3 Å². The van der Waals surface area contributed by atoms with Crippen LogP contribution in [0, 0.1) is 0 Å². The molecule has 4 rings (SSSR count). The lowest BCUT2D eigenvalue weighted by atomic mass is 10.1. The minimum Gasteiger partial charge on any atom is -0.451 e. The summed E-state index contributed by atoms with van der Waals surface area (Å²) < 4.78 is 5.33. The lowest BCUT2D eigenvalue weighted by Gasteiger charge is -2.11. The summed E-state index contributed by atoms with van der Waals surface area (Å²) in [6.45, 7) is -0.276. The van der Waals surface area contributed by atoms with Gasteiger partial charge in [-0.3, -0.25) is 4.79 Å². The molecular formula is C23H22N2O3S. The Bertz CT molecular complexity index is 980. The predicted molar refractivity (Wildman–Crippen MR) is 114 cm³/mol. The van der Waals surface area contributed by atoms with Crippen LogP contribution in [0.25, 0.3) is 21.8 Å². The van der Waals surface area contributed by atoms with Gasteiger partial charge >= 0.3 is 5.97 Å². The van der Waals surface area contributed by atoms with E-state index in [-0.39, 0.29) is 18.6 Å². The summed E-state index contributed by atoms with van der Waals surface area (Å²) >= 11 is 1.28. The number of esters is 1. The van der Waals surface area contributed by atoms with E-state index in [0.717, 1.165) is 41.8 Å².